The van der Waals surface area contributed by atoms with Gasteiger partial charge in [0.15, 0.2) is 0 Å². The minimum Gasteiger partial charge on any atom is -0.467 e. The number of hydrogen-bond donors (Lipinski definition) is 1. The molecule has 110 valence electrons. The molecule has 0 heterocycles. The van der Waals surface area contributed by atoms with Gasteiger partial charge in [-0.25, -0.2) is 9.59 Å². The van der Waals surface area contributed by atoms with Gasteiger partial charge in [0, 0.05) is 0 Å². The van der Waals surface area contributed by atoms with Crippen LogP contribution in [0.2, 0.25) is 0 Å². The minimum absolute atomic E-state index is 0.329. The van der Waals surface area contributed by atoms with Crippen LogP contribution < -0.4 is 5.32 Å². The molecule has 1 amide bonds. The number of alkyl carbamates (subject to hydrolysis) is 1. The molecule has 0 aromatic carbocycles. The lowest BCUT2D eigenvalue weighted by Gasteiger charge is -2.33. The molecule has 0 bridgehead atoms. The average Bonchev–Trinajstić information content (AvgIpc) is 3.05. The Morgan fingerprint density at radius 2 is 1.68 bits per heavy atom. The van der Waals surface area contributed by atoms with Crippen molar-refractivity contribution in [3.05, 3.63) is 0 Å². The third-order valence-electron chi connectivity index (χ3n) is 3.47. The second kappa shape index (κ2) is 5.39. The van der Waals surface area contributed by atoms with Crippen LogP contribution in [0.4, 0.5) is 4.79 Å². The summed E-state index contributed by atoms with van der Waals surface area (Å²) in [7, 11) is 1.33. The van der Waals surface area contributed by atoms with Gasteiger partial charge >= 0.3 is 12.1 Å². The molecule has 0 aromatic rings. The molecule has 0 aliphatic heterocycles. The normalized spacial score (nSPS) is 17.6. The van der Waals surface area contributed by atoms with Gasteiger partial charge in [0.25, 0.3) is 0 Å². The number of nitrogens with one attached hydrogen (secondary N) is 1. The molecule has 0 spiro atoms. The van der Waals surface area contributed by atoms with Gasteiger partial charge in [-0.1, -0.05) is 13.8 Å². The van der Waals surface area contributed by atoms with Gasteiger partial charge in [-0.3, -0.25) is 0 Å². The monoisotopic (exact) mass is 271 g/mol. The summed E-state index contributed by atoms with van der Waals surface area (Å²) in [5.41, 5.74) is -0.918. The van der Waals surface area contributed by atoms with Crippen LogP contribution >= 0.6 is 0 Å². The highest BCUT2D eigenvalue weighted by Crippen LogP contribution is 2.47. The standard InChI is InChI=1S/C14H25NO4/c1-13(2,3)19-12(17)15-10(11(16)18-6)14(4,5)9-7-8-9/h9-10H,7-8H2,1-6H3,(H,15,17). The average molecular weight is 271 g/mol. The van der Waals surface area contributed by atoms with Crippen molar-refractivity contribution in [3.63, 3.8) is 0 Å². The number of amides is 1. The number of rotatable bonds is 4. The first-order valence-corrected chi connectivity index (χ1v) is 6.65. The molecule has 0 saturated heterocycles. The van der Waals surface area contributed by atoms with Gasteiger partial charge in [0.1, 0.15) is 11.6 Å². The van der Waals surface area contributed by atoms with Crippen molar-refractivity contribution in [1.29, 1.82) is 0 Å². The fourth-order valence-corrected chi connectivity index (χ4v) is 2.15. The Bertz CT molecular complexity index is 353. The Labute approximate surface area is 115 Å². The number of carbonyl (C=O) groups excluding carboxylic acids is 2. The molecule has 0 aromatic heterocycles. The predicted octanol–water partition coefficient (Wildman–Crippen LogP) is 2.49. The van der Waals surface area contributed by atoms with E-state index in [0.717, 1.165) is 12.8 Å². The number of ether oxygens (including phenoxy) is 2. The van der Waals surface area contributed by atoms with E-state index in [0.29, 0.717) is 5.92 Å². The van der Waals surface area contributed by atoms with Gasteiger partial charge in [0.2, 0.25) is 0 Å². The first kappa shape index (κ1) is 15.8. The van der Waals surface area contributed by atoms with E-state index in [9.17, 15) is 9.59 Å². The third-order valence-corrected chi connectivity index (χ3v) is 3.47. The molecule has 0 radical (unpaired) electrons. The predicted molar refractivity (Wildman–Crippen MR) is 71.7 cm³/mol. The Kier molecular flexibility index (Phi) is 4.48. The fourth-order valence-electron chi connectivity index (χ4n) is 2.15. The summed E-state index contributed by atoms with van der Waals surface area (Å²) < 4.78 is 10.00. The first-order chi connectivity index (χ1) is 8.58. The van der Waals surface area contributed by atoms with Crippen molar-refractivity contribution < 1.29 is 19.1 Å². The molecule has 1 saturated carbocycles. The van der Waals surface area contributed by atoms with Crippen LogP contribution in [0.25, 0.3) is 0 Å². The Morgan fingerprint density at radius 1 is 1.16 bits per heavy atom. The van der Waals surface area contributed by atoms with E-state index in [4.69, 9.17) is 9.47 Å². The molecule has 1 rings (SSSR count). The largest absolute Gasteiger partial charge is 0.467 e. The first-order valence-electron chi connectivity index (χ1n) is 6.65. The number of methoxy groups -OCH3 is 1. The summed E-state index contributed by atoms with van der Waals surface area (Å²) in [5, 5.41) is 2.65. The van der Waals surface area contributed by atoms with Crippen LogP contribution in [0.3, 0.4) is 0 Å². The SMILES string of the molecule is COC(=O)C(NC(=O)OC(C)(C)C)C(C)(C)C1CC1. The van der Waals surface area contributed by atoms with Gasteiger partial charge in [0.05, 0.1) is 7.11 Å². The van der Waals surface area contributed by atoms with Crippen molar-refractivity contribution in [3.8, 4) is 0 Å². The maximum atomic E-state index is 11.9. The maximum Gasteiger partial charge on any atom is 0.408 e. The lowest BCUT2D eigenvalue weighted by atomic mass is 9.79. The topological polar surface area (TPSA) is 64.6 Å². The highest BCUT2D eigenvalue weighted by Gasteiger charge is 2.48. The highest BCUT2D eigenvalue weighted by molar-refractivity contribution is 5.82. The van der Waals surface area contributed by atoms with E-state index in [2.05, 4.69) is 5.32 Å². The molecule has 1 atom stereocenters. The summed E-state index contributed by atoms with van der Waals surface area (Å²) in [5.74, 6) is 0.00861. The highest BCUT2D eigenvalue weighted by atomic mass is 16.6. The van der Waals surface area contributed by atoms with Crippen molar-refractivity contribution >= 4 is 12.1 Å². The van der Waals surface area contributed by atoms with Crippen LogP contribution in [0, 0.1) is 11.3 Å². The summed E-state index contributed by atoms with van der Waals surface area (Å²) in [6.45, 7) is 9.30. The fraction of sp³-hybridized carbons (Fsp3) is 0.857. The molecule has 5 heteroatoms. The van der Waals surface area contributed by atoms with E-state index < -0.39 is 23.7 Å². The quantitative estimate of drug-likeness (QED) is 0.798. The summed E-state index contributed by atoms with van der Waals surface area (Å²) in [4.78, 5) is 23.7. The second-order valence-corrected chi connectivity index (χ2v) is 6.70. The molecular weight excluding hydrogens is 246 g/mol. The molecule has 1 aliphatic rings. The molecule has 1 unspecified atom stereocenters. The zero-order valence-electron chi connectivity index (χ0n) is 12.7. The van der Waals surface area contributed by atoms with Crippen LogP contribution in [0.1, 0.15) is 47.5 Å². The Morgan fingerprint density at radius 3 is 2.05 bits per heavy atom. The molecule has 19 heavy (non-hydrogen) atoms. The minimum atomic E-state index is -0.681. The Balaban J connectivity index is 2.75. The third kappa shape index (κ3) is 4.40. The van der Waals surface area contributed by atoms with Crippen LogP contribution in [-0.2, 0) is 14.3 Å². The molecule has 1 fully saturated rings. The van der Waals surface area contributed by atoms with Crippen LogP contribution in [-0.4, -0.2) is 30.8 Å². The maximum absolute atomic E-state index is 11.9. The van der Waals surface area contributed by atoms with E-state index in [1.54, 1.807) is 20.8 Å². The van der Waals surface area contributed by atoms with Crippen molar-refractivity contribution in [1.82, 2.24) is 5.32 Å². The van der Waals surface area contributed by atoms with Crippen LogP contribution in [0.5, 0.6) is 0 Å². The molecule has 1 N–H and O–H groups in total. The number of esters is 1. The van der Waals surface area contributed by atoms with Gasteiger partial charge in [-0.2, -0.15) is 0 Å². The van der Waals surface area contributed by atoms with E-state index in [-0.39, 0.29) is 5.41 Å². The summed E-state index contributed by atoms with van der Waals surface area (Å²) in [6, 6.07) is -0.681. The lowest BCUT2D eigenvalue weighted by Crippen LogP contribution is -2.52. The zero-order chi connectivity index (χ0) is 14.8. The lowest BCUT2D eigenvalue weighted by molar-refractivity contribution is -0.146. The van der Waals surface area contributed by atoms with Gasteiger partial charge < -0.3 is 14.8 Å². The van der Waals surface area contributed by atoms with Crippen molar-refractivity contribution in [2.45, 2.75) is 59.1 Å². The van der Waals surface area contributed by atoms with Crippen LogP contribution in [0.15, 0.2) is 0 Å². The van der Waals surface area contributed by atoms with Gasteiger partial charge in [-0.05, 0) is 44.9 Å². The Hall–Kier alpha value is -1.26. The summed E-state index contributed by atoms with van der Waals surface area (Å²) in [6.07, 6.45) is 1.57. The smallest absolute Gasteiger partial charge is 0.408 e. The summed E-state index contributed by atoms with van der Waals surface area (Å²) >= 11 is 0. The van der Waals surface area contributed by atoms with Gasteiger partial charge in [-0.15, -0.1) is 0 Å². The van der Waals surface area contributed by atoms with Crippen molar-refractivity contribution in [2.24, 2.45) is 11.3 Å². The van der Waals surface area contributed by atoms with Crippen molar-refractivity contribution in [2.75, 3.05) is 7.11 Å². The van der Waals surface area contributed by atoms with E-state index in [1.807, 2.05) is 13.8 Å². The number of hydrogen-bond acceptors (Lipinski definition) is 4. The van der Waals surface area contributed by atoms with E-state index >= 15 is 0 Å². The molecule has 1 aliphatic carbocycles. The zero-order valence-corrected chi connectivity index (χ0v) is 12.7. The number of carbonyl (C=O) groups is 2. The van der Waals surface area contributed by atoms with E-state index in [1.165, 1.54) is 7.11 Å². The molecule has 5 nitrogen and oxygen atoms in total. The molecular formula is C14H25NO4. The second-order valence-electron chi connectivity index (χ2n) is 6.70.